The molecular formula is C67H66O6. The van der Waals surface area contributed by atoms with Crippen molar-refractivity contribution in [1.82, 2.24) is 0 Å². The Bertz CT molecular complexity index is 3260. The predicted octanol–water partition coefficient (Wildman–Crippen LogP) is 17.5. The van der Waals surface area contributed by atoms with Gasteiger partial charge in [0.05, 0.1) is 18.6 Å². The van der Waals surface area contributed by atoms with Gasteiger partial charge in [0.25, 0.3) is 0 Å². The summed E-state index contributed by atoms with van der Waals surface area (Å²) in [5.41, 5.74) is 10.3. The fourth-order valence-corrected chi connectivity index (χ4v) is 10.9. The summed E-state index contributed by atoms with van der Waals surface area (Å²) in [6.07, 6.45) is 22.2. The molecule has 0 amide bonds. The van der Waals surface area contributed by atoms with Crippen LogP contribution in [0.1, 0.15) is 124 Å². The van der Waals surface area contributed by atoms with Crippen LogP contribution in [-0.2, 0) is 15.1 Å². The average Bonchev–Trinajstić information content (AvgIpc) is 3.91. The third-order valence-corrected chi connectivity index (χ3v) is 14.5. The van der Waals surface area contributed by atoms with E-state index in [4.69, 9.17) is 24.0 Å². The number of esters is 1. The summed E-state index contributed by atoms with van der Waals surface area (Å²) < 4.78 is 18.2. The van der Waals surface area contributed by atoms with Crippen LogP contribution in [-0.4, -0.2) is 25.8 Å². The first-order valence-electron chi connectivity index (χ1n) is 26.7. The van der Waals surface area contributed by atoms with E-state index >= 15 is 0 Å². The standard InChI is InChI=1S/C67H66O6/c1-3-5-7-9-11-17-39-69-54-32-30-50-42-48(25-28-52(50)44-54)20-19-41-71-73-57-35-37-61-59-22-14-16-24-63(59)67(65(61)47-57)62-23-15-13-21-58(62)60-36-34-56(46-64(60)67)72-66(68)38-27-49-26-29-53-45-55(33-31-51(53)43-49)70-40-18-12-10-8-6-4-2/h13-16,19-38,42-47H,3-12,17-18,39-41H2,1-2H3. The van der Waals surface area contributed by atoms with Crippen molar-refractivity contribution in [2.75, 3.05) is 19.8 Å². The second-order valence-electron chi connectivity index (χ2n) is 19.5. The smallest absolute Gasteiger partial charge is 0.336 e. The van der Waals surface area contributed by atoms with Crippen LogP contribution in [0.2, 0.25) is 0 Å². The van der Waals surface area contributed by atoms with Gasteiger partial charge in [-0.3, -0.25) is 0 Å². The Morgan fingerprint density at radius 3 is 1.49 bits per heavy atom. The lowest BCUT2D eigenvalue weighted by Gasteiger charge is -2.30. The fraction of sp³-hybridized carbons (Fsp3) is 0.269. The highest BCUT2D eigenvalue weighted by molar-refractivity contribution is 5.96. The summed E-state index contributed by atoms with van der Waals surface area (Å²) in [6.45, 7) is 6.24. The highest BCUT2D eigenvalue weighted by Crippen LogP contribution is 2.63. The normalized spacial score (nSPS) is 14.2. The van der Waals surface area contributed by atoms with Crippen molar-refractivity contribution in [3.8, 4) is 45.3 Å². The minimum absolute atomic E-state index is 0.261. The molecule has 0 radical (unpaired) electrons. The Hall–Kier alpha value is -7.41. The molecule has 0 bridgehead atoms. The summed E-state index contributed by atoms with van der Waals surface area (Å²) in [4.78, 5) is 25.4. The average molecular weight is 967 g/mol. The lowest BCUT2D eigenvalue weighted by atomic mass is 9.70. The van der Waals surface area contributed by atoms with E-state index in [1.807, 2.05) is 42.5 Å². The van der Waals surface area contributed by atoms with Gasteiger partial charge >= 0.3 is 5.97 Å². The molecule has 6 heteroatoms. The van der Waals surface area contributed by atoms with E-state index in [0.29, 0.717) is 11.5 Å². The molecule has 2 aliphatic carbocycles. The van der Waals surface area contributed by atoms with E-state index in [9.17, 15) is 4.79 Å². The first-order valence-corrected chi connectivity index (χ1v) is 26.7. The molecule has 0 saturated heterocycles. The minimum atomic E-state index is -0.684. The van der Waals surface area contributed by atoms with Crippen LogP contribution in [0.15, 0.2) is 170 Å². The number of hydrogen-bond acceptors (Lipinski definition) is 6. The van der Waals surface area contributed by atoms with Gasteiger partial charge in [0, 0.05) is 6.08 Å². The van der Waals surface area contributed by atoms with Crippen LogP contribution in [0.4, 0.5) is 0 Å². The van der Waals surface area contributed by atoms with Crippen molar-refractivity contribution in [1.29, 1.82) is 0 Å². The van der Waals surface area contributed by atoms with Crippen LogP contribution in [0.3, 0.4) is 0 Å². The Kier molecular flexibility index (Phi) is 15.8. The maximum absolute atomic E-state index is 13.6. The molecular weight excluding hydrogens is 901 g/mol. The van der Waals surface area contributed by atoms with Crippen LogP contribution < -0.4 is 19.1 Å². The molecule has 0 heterocycles. The maximum atomic E-state index is 13.6. The van der Waals surface area contributed by atoms with Gasteiger partial charge in [-0.05, 0) is 157 Å². The van der Waals surface area contributed by atoms with Gasteiger partial charge in [0.15, 0.2) is 5.75 Å². The van der Waals surface area contributed by atoms with E-state index in [2.05, 4.69) is 147 Å². The number of rotatable bonds is 24. The molecule has 0 aromatic heterocycles. The van der Waals surface area contributed by atoms with Gasteiger partial charge in [0.2, 0.25) is 0 Å². The highest BCUT2D eigenvalue weighted by Gasteiger charge is 2.52. The number of fused-ring (bicyclic) bond motifs is 12. The van der Waals surface area contributed by atoms with Crippen molar-refractivity contribution in [2.45, 2.75) is 96.3 Å². The Morgan fingerprint density at radius 2 is 0.904 bits per heavy atom. The number of ether oxygens (including phenoxy) is 3. The lowest BCUT2D eigenvalue weighted by molar-refractivity contribution is -0.195. The van der Waals surface area contributed by atoms with Crippen molar-refractivity contribution in [2.24, 2.45) is 0 Å². The molecule has 370 valence electrons. The topological polar surface area (TPSA) is 63.2 Å². The molecule has 0 N–H and O–H groups in total. The van der Waals surface area contributed by atoms with Gasteiger partial charge in [-0.1, -0.05) is 187 Å². The quantitative estimate of drug-likeness (QED) is 0.0150. The summed E-state index contributed by atoms with van der Waals surface area (Å²) >= 11 is 0. The van der Waals surface area contributed by atoms with Gasteiger partial charge in [0.1, 0.15) is 23.9 Å². The second-order valence-corrected chi connectivity index (χ2v) is 19.5. The second kappa shape index (κ2) is 23.4. The van der Waals surface area contributed by atoms with Crippen LogP contribution in [0.25, 0.3) is 56.0 Å². The molecule has 0 aliphatic heterocycles. The largest absolute Gasteiger partial charge is 0.494 e. The summed E-state index contributed by atoms with van der Waals surface area (Å²) in [6, 6.07) is 54.5. The molecule has 0 saturated carbocycles. The van der Waals surface area contributed by atoms with Crippen molar-refractivity contribution in [3.05, 3.63) is 203 Å². The zero-order valence-corrected chi connectivity index (χ0v) is 42.4. The summed E-state index contributed by atoms with van der Waals surface area (Å²) in [7, 11) is 0. The number of unbranched alkanes of at least 4 members (excludes halogenated alkanes) is 10. The van der Waals surface area contributed by atoms with Crippen LogP contribution in [0.5, 0.6) is 23.0 Å². The fourth-order valence-electron chi connectivity index (χ4n) is 10.9. The molecule has 8 aromatic carbocycles. The number of carbonyl (C=O) groups excluding carboxylic acids is 1. The van der Waals surface area contributed by atoms with Crippen molar-refractivity contribution < 1.29 is 28.8 Å². The van der Waals surface area contributed by atoms with E-state index in [1.165, 1.54) is 81.4 Å². The molecule has 2 aliphatic rings. The summed E-state index contributed by atoms with van der Waals surface area (Å²) in [5, 5.41) is 4.49. The number of carbonyl (C=O) groups is 1. The van der Waals surface area contributed by atoms with Crippen molar-refractivity contribution in [3.63, 3.8) is 0 Å². The Morgan fingerprint density at radius 1 is 0.438 bits per heavy atom. The SMILES string of the molecule is CCCCCCCCOc1ccc2cc(C=CCOOc3ccc4c(c3)C3(c5ccccc5-4)c4ccccc4-c4ccc(OC(=O)C=Cc5ccc6cc(OCCCCCCCC)ccc6c5)cc43)ccc2c1. The molecule has 0 fully saturated rings. The predicted molar refractivity (Wildman–Crippen MR) is 299 cm³/mol. The molecule has 6 nitrogen and oxygen atoms in total. The first-order chi connectivity index (χ1) is 36.0. The van der Waals surface area contributed by atoms with Gasteiger partial charge < -0.3 is 19.1 Å². The van der Waals surface area contributed by atoms with Gasteiger partial charge in [-0.25, -0.2) is 4.79 Å². The maximum Gasteiger partial charge on any atom is 0.336 e. The van der Waals surface area contributed by atoms with Gasteiger partial charge in [-0.15, -0.1) is 0 Å². The molecule has 73 heavy (non-hydrogen) atoms. The number of benzene rings is 8. The minimum Gasteiger partial charge on any atom is -0.494 e. The third-order valence-electron chi connectivity index (χ3n) is 14.5. The third kappa shape index (κ3) is 11.0. The van der Waals surface area contributed by atoms with Crippen LogP contribution >= 0.6 is 0 Å². The highest BCUT2D eigenvalue weighted by atomic mass is 17.2. The molecule has 1 atom stereocenters. The Labute approximate surface area is 431 Å². The van der Waals surface area contributed by atoms with Crippen molar-refractivity contribution >= 4 is 39.7 Å². The van der Waals surface area contributed by atoms with Gasteiger partial charge in [-0.2, -0.15) is 4.89 Å². The Balaban J connectivity index is 0.812. The zero-order chi connectivity index (χ0) is 49.8. The summed E-state index contributed by atoms with van der Waals surface area (Å²) in [5.74, 6) is 2.43. The van der Waals surface area contributed by atoms with E-state index in [-0.39, 0.29) is 6.61 Å². The number of hydrogen-bond donors (Lipinski definition) is 0. The first kappa shape index (κ1) is 49.2. The molecule has 1 spiro atoms. The lowest BCUT2D eigenvalue weighted by Crippen LogP contribution is -2.26. The zero-order valence-electron chi connectivity index (χ0n) is 42.4. The monoisotopic (exact) mass is 966 g/mol. The molecule has 10 rings (SSSR count). The van der Waals surface area contributed by atoms with E-state index in [0.717, 1.165) is 104 Å². The van der Waals surface area contributed by atoms with Crippen LogP contribution in [0, 0.1) is 0 Å². The molecule has 1 unspecified atom stereocenters. The van der Waals surface area contributed by atoms with E-state index in [1.54, 1.807) is 0 Å². The van der Waals surface area contributed by atoms with E-state index < -0.39 is 11.4 Å². The molecule has 8 aromatic rings.